The minimum Gasteiger partial charge on any atom is -1.00 e. The Labute approximate surface area is 59.8 Å². The second kappa shape index (κ2) is 431. The van der Waals surface area contributed by atoms with E-state index in [-0.39, 0.29) is 59.3 Å². The summed E-state index contributed by atoms with van der Waals surface area (Å²) in [5, 5.41) is 0. The molecule has 0 fully saturated rings. The summed E-state index contributed by atoms with van der Waals surface area (Å²) in [4.78, 5) is 0. The van der Waals surface area contributed by atoms with Gasteiger partial charge in [0.05, 0.1) is 0 Å². The molecule has 0 heterocycles. The van der Waals surface area contributed by atoms with Crippen LogP contribution in [0.4, 0.5) is 0 Å². The van der Waals surface area contributed by atoms with E-state index in [9.17, 15) is 0 Å². The Morgan fingerprint density at radius 1 is 0.429 bits per heavy atom. The van der Waals surface area contributed by atoms with E-state index >= 15 is 0 Å². The zero-order valence-electron chi connectivity index (χ0n) is 3.59. The van der Waals surface area contributed by atoms with Gasteiger partial charge in [0.2, 0.25) is 0 Å². The van der Waals surface area contributed by atoms with Crippen LogP contribution in [-0.2, 0) is 19.5 Å². The first kappa shape index (κ1) is 683. The van der Waals surface area contributed by atoms with Crippen molar-refractivity contribution >= 4 is 0 Å². The molecule has 7 heteroatoms. The summed E-state index contributed by atoms with van der Waals surface area (Å²) in [7, 11) is 0. The molecule has 5 nitrogen and oxygen atoms in total. The Balaban J connectivity index is 0. The van der Waals surface area contributed by atoms with Gasteiger partial charge in [-0.15, -0.1) is 0 Å². The molecule has 48 valence electrons. The van der Waals surface area contributed by atoms with Gasteiger partial charge >= 0.3 is 19.5 Å². The van der Waals surface area contributed by atoms with Crippen LogP contribution in [-0.4, -0.2) is 27.4 Å². The van der Waals surface area contributed by atoms with E-state index in [1.165, 1.54) is 0 Å². The molecule has 0 rings (SSSR count). The maximum atomic E-state index is 0. The fourth-order valence-electron chi connectivity index (χ4n) is 0. The third kappa shape index (κ3) is 293. The smallest absolute Gasteiger partial charge is 1.00 e. The first-order valence-corrected chi connectivity index (χ1v) is 0. The van der Waals surface area contributed by atoms with Crippen LogP contribution in [0.5, 0.6) is 0 Å². The Hall–Kier alpha value is 0.713. The zero-order valence-corrected chi connectivity index (χ0v) is 7.31. The van der Waals surface area contributed by atoms with Crippen molar-refractivity contribution < 1.29 is 59.3 Å². The molecule has 7 heavy (non-hydrogen) atoms. The predicted octanol–water partition coefficient (Wildman–Crippen LogP) is -7.12. The molecule has 0 aromatic rings. The van der Waals surface area contributed by atoms with Crippen molar-refractivity contribution in [2.24, 2.45) is 0 Å². The molecule has 0 aromatic carbocycles. The van der Waals surface area contributed by atoms with E-state index in [0.29, 0.717) is 0 Å². The van der Waals surface area contributed by atoms with Crippen molar-refractivity contribution in [2.45, 2.75) is 0 Å². The first-order chi connectivity index (χ1) is 0. The van der Waals surface area contributed by atoms with Gasteiger partial charge in [0.15, 0.2) is 0 Å². The molecule has 0 aromatic heterocycles. The molecule has 0 atom stereocenters. The molecule has 0 amide bonds. The van der Waals surface area contributed by atoms with Gasteiger partial charge in [0.1, 0.15) is 0 Å². The van der Waals surface area contributed by atoms with Gasteiger partial charge in [-0.25, -0.2) is 0 Å². The predicted molar refractivity (Wildman–Crippen MR) is 18.1 cm³/mol. The maximum absolute atomic E-state index is 0. The molecular weight excluding hydrogens is 181 g/mol. The van der Waals surface area contributed by atoms with E-state index in [1.54, 1.807) is 0 Å². The van der Waals surface area contributed by atoms with Crippen LogP contribution in [0.3, 0.4) is 0 Å². The second-order valence-electron chi connectivity index (χ2n) is 0. The molecule has 10 N–H and O–H groups in total. The molecule has 0 saturated carbocycles. The zero-order chi connectivity index (χ0) is 0. The molecule has 0 aliphatic heterocycles. The Bertz CT molecular complexity index is 8.04. The number of rotatable bonds is 0. The minimum atomic E-state index is 0. The van der Waals surface area contributed by atoms with E-state index in [2.05, 4.69) is 0 Å². The number of hydrogen-bond acceptors (Lipinski definition) is 0. The largest absolute Gasteiger partial charge is 2.00 e. The molecule has 0 bridgehead atoms. The summed E-state index contributed by atoms with van der Waals surface area (Å²) in [5.74, 6) is 0. The van der Waals surface area contributed by atoms with Gasteiger partial charge < -0.3 is 39.8 Å². The maximum Gasteiger partial charge on any atom is 2.00 e. The van der Waals surface area contributed by atoms with E-state index in [4.69, 9.17) is 0 Å². The number of hydrogen-bond donors (Lipinski definition) is 0. The molecule has 0 saturated heterocycles. The SMILES string of the molecule is O.O.O.O.O.[Cl-].[Zn+2]. The molecular formula is H10ClO5Zn+. The number of halogens is 1. The van der Waals surface area contributed by atoms with Crippen molar-refractivity contribution in [1.29, 1.82) is 0 Å². The van der Waals surface area contributed by atoms with Crippen LogP contribution in [0.2, 0.25) is 0 Å². The monoisotopic (exact) mass is 189 g/mol. The van der Waals surface area contributed by atoms with Crippen LogP contribution >= 0.6 is 0 Å². The van der Waals surface area contributed by atoms with E-state index < -0.39 is 0 Å². The third-order valence-electron chi connectivity index (χ3n) is 0. The molecule has 0 unspecified atom stereocenters. The quantitative estimate of drug-likeness (QED) is 0.333. The van der Waals surface area contributed by atoms with Crippen LogP contribution in [0.1, 0.15) is 0 Å². The van der Waals surface area contributed by atoms with Crippen molar-refractivity contribution in [3.63, 3.8) is 0 Å². The summed E-state index contributed by atoms with van der Waals surface area (Å²) in [6, 6.07) is 0. The van der Waals surface area contributed by atoms with Crippen LogP contribution in [0, 0.1) is 0 Å². The van der Waals surface area contributed by atoms with Gasteiger partial charge in [-0.2, -0.15) is 0 Å². The van der Waals surface area contributed by atoms with Crippen LogP contribution < -0.4 is 12.4 Å². The first-order valence-electron chi connectivity index (χ1n) is 0. The Kier molecular flexibility index (Phi) is 42000. The van der Waals surface area contributed by atoms with Gasteiger partial charge in [-0.05, 0) is 0 Å². The summed E-state index contributed by atoms with van der Waals surface area (Å²) in [6.45, 7) is 0. The molecule has 0 aliphatic carbocycles. The van der Waals surface area contributed by atoms with Gasteiger partial charge in [-0.1, -0.05) is 0 Å². The van der Waals surface area contributed by atoms with E-state index in [0.717, 1.165) is 0 Å². The Morgan fingerprint density at radius 3 is 0.429 bits per heavy atom. The summed E-state index contributed by atoms with van der Waals surface area (Å²) >= 11 is 0. The topological polar surface area (TPSA) is 158 Å². The third-order valence-corrected chi connectivity index (χ3v) is 0. The summed E-state index contributed by atoms with van der Waals surface area (Å²) in [5.41, 5.74) is 0. The summed E-state index contributed by atoms with van der Waals surface area (Å²) < 4.78 is 0. The average Bonchev–Trinajstić information content (AvgIpc) is 0. The van der Waals surface area contributed by atoms with Crippen molar-refractivity contribution in [1.82, 2.24) is 0 Å². The molecule has 0 radical (unpaired) electrons. The average molecular weight is 191 g/mol. The Morgan fingerprint density at radius 2 is 0.429 bits per heavy atom. The molecule has 0 spiro atoms. The normalized spacial score (nSPS) is 0. The fraction of sp³-hybridized carbons (Fsp3) is 0. The minimum absolute atomic E-state index is 0. The second-order valence-corrected chi connectivity index (χ2v) is 0. The van der Waals surface area contributed by atoms with Crippen LogP contribution in [0.25, 0.3) is 0 Å². The van der Waals surface area contributed by atoms with Crippen molar-refractivity contribution in [3.05, 3.63) is 0 Å². The van der Waals surface area contributed by atoms with E-state index in [1.807, 2.05) is 0 Å². The molecule has 0 aliphatic rings. The van der Waals surface area contributed by atoms with Crippen LogP contribution in [0.15, 0.2) is 0 Å². The fourth-order valence-corrected chi connectivity index (χ4v) is 0. The van der Waals surface area contributed by atoms with Crippen molar-refractivity contribution in [3.8, 4) is 0 Å². The summed E-state index contributed by atoms with van der Waals surface area (Å²) in [6.07, 6.45) is 0. The van der Waals surface area contributed by atoms with Gasteiger partial charge in [-0.3, -0.25) is 0 Å². The van der Waals surface area contributed by atoms with Gasteiger partial charge in [0.25, 0.3) is 0 Å². The standard InChI is InChI=1S/ClH.5H2O.Zn/h1H;5*1H2;/q;;;;;;+2/p-1. The van der Waals surface area contributed by atoms with Crippen molar-refractivity contribution in [2.75, 3.05) is 0 Å². The van der Waals surface area contributed by atoms with Gasteiger partial charge in [0, 0.05) is 0 Å².